The van der Waals surface area contributed by atoms with E-state index in [1.54, 1.807) is 23.2 Å². The van der Waals surface area contributed by atoms with Crippen LogP contribution in [-0.4, -0.2) is 34.3 Å². The summed E-state index contributed by atoms with van der Waals surface area (Å²) in [7, 11) is 0. The van der Waals surface area contributed by atoms with Crippen molar-refractivity contribution in [1.29, 1.82) is 0 Å². The highest BCUT2D eigenvalue weighted by molar-refractivity contribution is 6.42. The smallest absolute Gasteiger partial charge is 0.254 e. The maximum absolute atomic E-state index is 13.0. The molecule has 0 aliphatic carbocycles. The molecule has 1 fully saturated rings. The number of pyridine rings is 1. The van der Waals surface area contributed by atoms with Crippen LogP contribution in [0.1, 0.15) is 23.2 Å². The fourth-order valence-corrected chi connectivity index (χ4v) is 3.80. The van der Waals surface area contributed by atoms with E-state index in [0.717, 1.165) is 17.3 Å². The zero-order valence-corrected chi connectivity index (χ0v) is 16.4. The lowest BCUT2D eigenvalue weighted by molar-refractivity contribution is -0.119. The van der Waals surface area contributed by atoms with Crippen LogP contribution in [0, 0.1) is 0 Å². The van der Waals surface area contributed by atoms with Crippen LogP contribution in [0.2, 0.25) is 10.0 Å². The molecule has 142 valence electrons. The van der Waals surface area contributed by atoms with Gasteiger partial charge in [-0.3, -0.25) is 14.6 Å². The molecular weight excluding hydrogens is 397 g/mol. The van der Waals surface area contributed by atoms with Crippen LogP contribution >= 0.6 is 23.2 Å². The minimum atomic E-state index is -0.533. The Kier molecular flexibility index (Phi) is 5.20. The summed E-state index contributed by atoms with van der Waals surface area (Å²) in [4.78, 5) is 31.8. The molecule has 0 radical (unpaired) electrons. The number of anilines is 1. The van der Waals surface area contributed by atoms with Crippen LogP contribution in [0.3, 0.4) is 0 Å². The fraction of sp³-hybridized carbons (Fsp3) is 0.190. The Bertz CT molecular complexity index is 1070. The fourth-order valence-electron chi connectivity index (χ4n) is 3.51. The molecule has 1 unspecified atom stereocenters. The number of benzene rings is 2. The maximum Gasteiger partial charge on any atom is 0.254 e. The third-order valence-corrected chi connectivity index (χ3v) is 5.63. The molecule has 1 aliphatic rings. The molecule has 7 heteroatoms. The molecule has 1 aliphatic heterocycles. The van der Waals surface area contributed by atoms with Gasteiger partial charge in [-0.05, 0) is 55.3 Å². The van der Waals surface area contributed by atoms with Crippen molar-refractivity contribution in [3.05, 3.63) is 70.3 Å². The van der Waals surface area contributed by atoms with Crippen LogP contribution in [-0.2, 0) is 4.79 Å². The largest absolute Gasteiger partial charge is 0.327 e. The van der Waals surface area contributed by atoms with Gasteiger partial charge < -0.3 is 10.2 Å². The van der Waals surface area contributed by atoms with E-state index in [0.29, 0.717) is 34.3 Å². The van der Waals surface area contributed by atoms with E-state index in [9.17, 15) is 9.59 Å². The average molecular weight is 414 g/mol. The predicted octanol–water partition coefficient (Wildman–Crippen LogP) is 4.78. The molecular formula is C21H17Cl2N3O2. The van der Waals surface area contributed by atoms with Crippen LogP contribution in [0.25, 0.3) is 10.9 Å². The predicted molar refractivity (Wildman–Crippen MR) is 111 cm³/mol. The second-order valence-electron chi connectivity index (χ2n) is 6.65. The summed E-state index contributed by atoms with van der Waals surface area (Å²) in [6.45, 7) is 0.522. The number of halogens is 2. The molecule has 5 nitrogen and oxygen atoms in total. The lowest BCUT2D eigenvalue weighted by Crippen LogP contribution is -2.43. The molecule has 2 amide bonds. The Morgan fingerprint density at radius 3 is 2.75 bits per heavy atom. The first-order valence-electron chi connectivity index (χ1n) is 8.95. The number of hydrogen-bond acceptors (Lipinski definition) is 3. The van der Waals surface area contributed by atoms with Gasteiger partial charge in [0.15, 0.2) is 0 Å². The highest BCUT2D eigenvalue weighted by Crippen LogP contribution is 2.27. The highest BCUT2D eigenvalue weighted by atomic mass is 35.5. The van der Waals surface area contributed by atoms with Crippen molar-refractivity contribution in [3.63, 3.8) is 0 Å². The summed E-state index contributed by atoms with van der Waals surface area (Å²) >= 11 is 12.0. The van der Waals surface area contributed by atoms with Gasteiger partial charge in [0, 0.05) is 23.7 Å². The molecule has 0 bridgehead atoms. The number of carbonyl (C=O) groups excluding carboxylic acids is 2. The first kappa shape index (κ1) is 18.7. The average Bonchev–Trinajstić information content (AvgIpc) is 3.20. The second kappa shape index (κ2) is 7.78. The van der Waals surface area contributed by atoms with E-state index in [4.69, 9.17) is 23.2 Å². The van der Waals surface area contributed by atoms with Crippen LogP contribution in [0.5, 0.6) is 0 Å². The van der Waals surface area contributed by atoms with E-state index in [1.165, 1.54) is 6.07 Å². The number of aromatic nitrogens is 1. The lowest BCUT2D eigenvalue weighted by atomic mass is 10.1. The Morgan fingerprint density at radius 2 is 1.93 bits per heavy atom. The summed E-state index contributed by atoms with van der Waals surface area (Å²) < 4.78 is 0. The second-order valence-corrected chi connectivity index (χ2v) is 7.46. The van der Waals surface area contributed by atoms with E-state index in [-0.39, 0.29) is 11.8 Å². The SMILES string of the molecule is O=C(Nc1cccc2ncccc12)C1CCCN1C(=O)c1ccc(Cl)c(Cl)c1. The lowest BCUT2D eigenvalue weighted by Gasteiger charge is -2.24. The molecule has 2 aromatic carbocycles. The van der Waals surface area contributed by atoms with Crippen molar-refractivity contribution in [3.8, 4) is 0 Å². The van der Waals surface area contributed by atoms with E-state index in [1.807, 2.05) is 30.3 Å². The topological polar surface area (TPSA) is 62.3 Å². The van der Waals surface area contributed by atoms with Gasteiger partial charge in [0.25, 0.3) is 5.91 Å². The molecule has 4 rings (SSSR count). The number of nitrogens with zero attached hydrogens (tertiary/aromatic N) is 2. The summed E-state index contributed by atoms with van der Waals surface area (Å²) in [5, 5.41) is 4.53. The van der Waals surface area contributed by atoms with E-state index in [2.05, 4.69) is 10.3 Å². The maximum atomic E-state index is 13.0. The minimum absolute atomic E-state index is 0.206. The monoisotopic (exact) mass is 413 g/mol. The molecule has 3 aromatic rings. The molecule has 0 spiro atoms. The first-order valence-corrected chi connectivity index (χ1v) is 9.71. The van der Waals surface area contributed by atoms with Crippen molar-refractivity contribution in [2.75, 3.05) is 11.9 Å². The standard InChI is InChI=1S/C21H17Cl2N3O2/c22-15-9-8-13(12-16(15)23)21(28)26-11-3-7-19(26)20(27)25-18-6-1-5-17-14(18)4-2-10-24-17/h1-2,4-6,8-10,12,19H,3,7,11H2,(H,25,27). The molecule has 2 heterocycles. The summed E-state index contributed by atoms with van der Waals surface area (Å²) in [5.74, 6) is -0.432. The summed E-state index contributed by atoms with van der Waals surface area (Å²) in [6.07, 6.45) is 3.09. The Hall–Kier alpha value is -2.63. The van der Waals surface area contributed by atoms with Crippen LogP contribution < -0.4 is 5.32 Å². The van der Waals surface area contributed by atoms with Gasteiger partial charge in [0.05, 0.1) is 21.2 Å². The normalized spacial score (nSPS) is 16.4. The zero-order chi connectivity index (χ0) is 19.7. The molecule has 1 atom stereocenters. The van der Waals surface area contributed by atoms with Gasteiger partial charge in [0.1, 0.15) is 6.04 Å². The van der Waals surface area contributed by atoms with Gasteiger partial charge in [-0.1, -0.05) is 29.3 Å². The Labute approximate surface area is 172 Å². The third kappa shape index (κ3) is 3.55. The first-order chi connectivity index (χ1) is 13.5. The van der Waals surface area contributed by atoms with Gasteiger partial charge in [-0.25, -0.2) is 0 Å². The van der Waals surface area contributed by atoms with Gasteiger partial charge in [-0.2, -0.15) is 0 Å². The van der Waals surface area contributed by atoms with Crippen molar-refractivity contribution >= 4 is 51.6 Å². The summed E-state index contributed by atoms with van der Waals surface area (Å²) in [5.41, 5.74) is 1.91. The van der Waals surface area contributed by atoms with E-state index < -0.39 is 6.04 Å². The molecule has 0 saturated carbocycles. The molecule has 28 heavy (non-hydrogen) atoms. The Morgan fingerprint density at radius 1 is 1.07 bits per heavy atom. The zero-order valence-electron chi connectivity index (χ0n) is 14.9. The quantitative estimate of drug-likeness (QED) is 0.671. The number of likely N-dealkylation sites (tertiary alicyclic amines) is 1. The highest BCUT2D eigenvalue weighted by Gasteiger charge is 2.34. The molecule has 1 aromatic heterocycles. The number of hydrogen-bond donors (Lipinski definition) is 1. The van der Waals surface area contributed by atoms with Gasteiger partial charge in [-0.15, -0.1) is 0 Å². The van der Waals surface area contributed by atoms with Gasteiger partial charge >= 0.3 is 0 Å². The minimum Gasteiger partial charge on any atom is -0.327 e. The van der Waals surface area contributed by atoms with Gasteiger partial charge in [0.2, 0.25) is 5.91 Å². The molecule has 1 N–H and O–H groups in total. The number of nitrogens with one attached hydrogen (secondary N) is 1. The third-order valence-electron chi connectivity index (χ3n) is 4.89. The summed E-state index contributed by atoms with van der Waals surface area (Å²) in [6, 6.07) is 13.5. The number of amides is 2. The van der Waals surface area contributed by atoms with Crippen molar-refractivity contribution < 1.29 is 9.59 Å². The van der Waals surface area contributed by atoms with Crippen LogP contribution in [0.4, 0.5) is 5.69 Å². The number of fused-ring (bicyclic) bond motifs is 1. The number of rotatable bonds is 3. The van der Waals surface area contributed by atoms with E-state index >= 15 is 0 Å². The van der Waals surface area contributed by atoms with Crippen molar-refractivity contribution in [2.24, 2.45) is 0 Å². The Balaban J connectivity index is 1.56. The number of carbonyl (C=O) groups is 2. The van der Waals surface area contributed by atoms with Crippen molar-refractivity contribution in [1.82, 2.24) is 9.88 Å². The molecule has 1 saturated heterocycles. The van der Waals surface area contributed by atoms with Crippen molar-refractivity contribution in [2.45, 2.75) is 18.9 Å². The van der Waals surface area contributed by atoms with Crippen LogP contribution in [0.15, 0.2) is 54.7 Å².